The Morgan fingerprint density at radius 1 is 1.37 bits per heavy atom. The molecule has 3 rings (SSSR count). The Labute approximate surface area is 156 Å². The van der Waals surface area contributed by atoms with Crippen LogP contribution in [0.1, 0.15) is 40.5 Å². The van der Waals surface area contributed by atoms with Crippen molar-refractivity contribution < 1.29 is 23.9 Å². The molecule has 1 fully saturated rings. The summed E-state index contributed by atoms with van der Waals surface area (Å²) in [5.41, 5.74) is 0.777. The number of ether oxygens (including phenoxy) is 3. The number of carbonyl (C=O) groups excluding carboxylic acids is 1. The van der Waals surface area contributed by atoms with E-state index < -0.39 is 10.9 Å². The third-order valence-corrected chi connectivity index (χ3v) is 4.62. The molecule has 1 aromatic heterocycles. The van der Waals surface area contributed by atoms with Crippen LogP contribution in [-0.4, -0.2) is 47.9 Å². The number of benzene rings is 1. The highest BCUT2D eigenvalue weighted by Gasteiger charge is 2.27. The number of rotatable bonds is 6. The van der Waals surface area contributed by atoms with Gasteiger partial charge in [0.1, 0.15) is 11.5 Å². The highest BCUT2D eigenvalue weighted by atomic mass is 16.6. The molecule has 2 heterocycles. The molecule has 144 valence electrons. The fourth-order valence-corrected chi connectivity index (χ4v) is 3.31. The van der Waals surface area contributed by atoms with E-state index in [-0.39, 0.29) is 23.8 Å². The quantitative estimate of drug-likeness (QED) is 0.434. The molecule has 0 bridgehead atoms. The lowest BCUT2D eigenvalue weighted by Gasteiger charge is -2.22. The van der Waals surface area contributed by atoms with Gasteiger partial charge in [-0.15, -0.1) is 0 Å². The standard InChI is InChI=1S/C18H21N3O6/c1-25-11-13-9-15(16(21(23)24)10-14(13)18(22)26-2)20-6-5-19-17(20)12-3-7-27-8-4-12/h5-6,9-10,12H,3-4,7-8,11H2,1-2H3. The third kappa shape index (κ3) is 3.83. The molecule has 0 atom stereocenters. The number of imidazole rings is 1. The molecule has 0 N–H and O–H groups in total. The van der Waals surface area contributed by atoms with E-state index in [9.17, 15) is 14.9 Å². The van der Waals surface area contributed by atoms with Gasteiger partial charge in [-0.2, -0.15) is 0 Å². The fourth-order valence-electron chi connectivity index (χ4n) is 3.31. The van der Waals surface area contributed by atoms with E-state index in [2.05, 4.69) is 4.98 Å². The molecule has 1 aromatic carbocycles. The summed E-state index contributed by atoms with van der Waals surface area (Å²) in [6.07, 6.45) is 4.92. The Kier molecular flexibility index (Phi) is 5.82. The van der Waals surface area contributed by atoms with Gasteiger partial charge in [-0.25, -0.2) is 9.78 Å². The molecule has 1 aliphatic rings. The number of nitro groups is 1. The van der Waals surface area contributed by atoms with Crippen LogP contribution < -0.4 is 0 Å². The zero-order valence-electron chi connectivity index (χ0n) is 15.2. The van der Waals surface area contributed by atoms with Crippen molar-refractivity contribution in [3.05, 3.63) is 51.6 Å². The van der Waals surface area contributed by atoms with E-state index in [0.717, 1.165) is 18.7 Å². The molecule has 0 saturated carbocycles. The van der Waals surface area contributed by atoms with E-state index >= 15 is 0 Å². The average Bonchev–Trinajstić information content (AvgIpc) is 3.17. The maximum Gasteiger partial charge on any atom is 0.338 e. The molecular formula is C18H21N3O6. The molecular weight excluding hydrogens is 354 g/mol. The number of nitrogens with zero attached hydrogens (tertiary/aromatic N) is 3. The maximum absolute atomic E-state index is 12.1. The second kappa shape index (κ2) is 8.28. The van der Waals surface area contributed by atoms with E-state index in [0.29, 0.717) is 24.5 Å². The van der Waals surface area contributed by atoms with E-state index in [1.807, 2.05) is 0 Å². The van der Waals surface area contributed by atoms with E-state index in [1.54, 1.807) is 23.0 Å². The van der Waals surface area contributed by atoms with Crippen LogP contribution in [0.5, 0.6) is 0 Å². The zero-order valence-corrected chi connectivity index (χ0v) is 15.2. The summed E-state index contributed by atoms with van der Waals surface area (Å²) < 4.78 is 17.0. The van der Waals surface area contributed by atoms with Crippen LogP contribution >= 0.6 is 0 Å². The predicted octanol–water partition coefficient (Wildman–Crippen LogP) is 2.61. The molecule has 0 radical (unpaired) electrons. The van der Waals surface area contributed by atoms with E-state index in [4.69, 9.17) is 14.2 Å². The molecule has 9 heteroatoms. The van der Waals surface area contributed by atoms with Crippen LogP contribution in [-0.2, 0) is 20.8 Å². The first-order valence-electron chi connectivity index (χ1n) is 8.56. The van der Waals surface area contributed by atoms with Crippen LogP contribution in [0.15, 0.2) is 24.5 Å². The first kappa shape index (κ1) is 19.0. The van der Waals surface area contributed by atoms with Crippen molar-refractivity contribution in [3.8, 4) is 5.69 Å². The monoisotopic (exact) mass is 375 g/mol. The van der Waals surface area contributed by atoms with Crippen molar-refractivity contribution >= 4 is 11.7 Å². The fraction of sp³-hybridized carbons (Fsp3) is 0.444. The van der Waals surface area contributed by atoms with Crippen molar-refractivity contribution in [2.24, 2.45) is 0 Å². The van der Waals surface area contributed by atoms with Gasteiger partial charge in [0.05, 0.1) is 24.2 Å². The summed E-state index contributed by atoms with van der Waals surface area (Å²) in [6.45, 7) is 1.39. The summed E-state index contributed by atoms with van der Waals surface area (Å²) in [5.74, 6) is 0.252. The van der Waals surface area contributed by atoms with Gasteiger partial charge in [0.15, 0.2) is 0 Å². The Morgan fingerprint density at radius 2 is 2.11 bits per heavy atom. The van der Waals surface area contributed by atoms with Crippen molar-refractivity contribution in [2.75, 3.05) is 27.4 Å². The maximum atomic E-state index is 12.1. The van der Waals surface area contributed by atoms with Crippen molar-refractivity contribution in [1.82, 2.24) is 9.55 Å². The van der Waals surface area contributed by atoms with Gasteiger partial charge >= 0.3 is 5.97 Å². The smallest absolute Gasteiger partial charge is 0.338 e. The van der Waals surface area contributed by atoms with E-state index in [1.165, 1.54) is 20.3 Å². The number of nitro benzene ring substituents is 1. The first-order chi connectivity index (χ1) is 13.1. The largest absolute Gasteiger partial charge is 0.465 e. The Morgan fingerprint density at radius 3 is 2.74 bits per heavy atom. The minimum atomic E-state index is -0.646. The average molecular weight is 375 g/mol. The lowest BCUT2D eigenvalue weighted by Crippen LogP contribution is -2.18. The number of carbonyl (C=O) groups is 1. The highest BCUT2D eigenvalue weighted by Crippen LogP contribution is 2.33. The summed E-state index contributed by atoms with van der Waals surface area (Å²) in [7, 11) is 2.73. The van der Waals surface area contributed by atoms with Gasteiger partial charge in [0.25, 0.3) is 5.69 Å². The van der Waals surface area contributed by atoms with Gasteiger partial charge in [-0.3, -0.25) is 14.7 Å². The lowest BCUT2D eigenvalue weighted by atomic mass is 9.99. The number of methoxy groups -OCH3 is 2. The predicted molar refractivity (Wildman–Crippen MR) is 95.1 cm³/mol. The molecule has 1 aliphatic heterocycles. The van der Waals surface area contributed by atoms with Crippen LogP contribution in [0.2, 0.25) is 0 Å². The van der Waals surface area contributed by atoms with Crippen molar-refractivity contribution in [1.29, 1.82) is 0 Å². The topological polar surface area (TPSA) is 106 Å². The molecule has 1 saturated heterocycles. The van der Waals surface area contributed by atoms with Crippen molar-refractivity contribution in [3.63, 3.8) is 0 Å². The second-order valence-electron chi connectivity index (χ2n) is 6.22. The molecule has 0 unspecified atom stereocenters. The Hall–Kier alpha value is -2.78. The van der Waals surface area contributed by atoms with Crippen molar-refractivity contribution in [2.45, 2.75) is 25.4 Å². The first-order valence-corrected chi connectivity index (χ1v) is 8.56. The molecule has 9 nitrogen and oxygen atoms in total. The van der Waals surface area contributed by atoms with Gasteiger partial charge in [-0.1, -0.05) is 0 Å². The number of aromatic nitrogens is 2. The molecule has 0 spiro atoms. The summed E-state index contributed by atoms with van der Waals surface area (Å²) in [4.78, 5) is 27.7. The third-order valence-electron chi connectivity index (χ3n) is 4.62. The highest BCUT2D eigenvalue weighted by molar-refractivity contribution is 5.92. The van der Waals surface area contributed by atoms with Gasteiger partial charge in [0, 0.05) is 44.7 Å². The van der Waals surface area contributed by atoms with Crippen LogP contribution in [0.25, 0.3) is 5.69 Å². The molecule has 0 aliphatic carbocycles. The van der Waals surface area contributed by atoms with Crippen LogP contribution in [0, 0.1) is 10.1 Å². The summed E-state index contributed by atoms with van der Waals surface area (Å²) in [5, 5.41) is 11.7. The van der Waals surface area contributed by atoms with Crippen LogP contribution in [0.4, 0.5) is 5.69 Å². The normalized spacial score (nSPS) is 14.9. The Balaban J connectivity index is 2.15. The number of hydrogen-bond donors (Lipinski definition) is 0. The van der Waals surface area contributed by atoms with Gasteiger partial charge in [0.2, 0.25) is 0 Å². The van der Waals surface area contributed by atoms with Gasteiger partial charge in [-0.05, 0) is 24.5 Å². The lowest BCUT2D eigenvalue weighted by molar-refractivity contribution is -0.384. The van der Waals surface area contributed by atoms with Gasteiger partial charge < -0.3 is 14.2 Å². The zero-order chi connectivity index (χ0) is 19.4. The van der Waals surface area contributed by atoms with Crippen LogP contribution in [0.3, 0.4) is 0 Å². The summed E-state index contributed by atoms with van der Waals surface area (Å²) >= 11 is 0. The Bertz CT molecular complexity index is 842. The summed E-state index contributed by atoms with van der Waals surface area (Å²) in [6, 6.07) is 2.83. The minimum absolute atomic E-state index is 0.113. The molecule has 0 amide bonds. The molecule has 2 aromatic rings. The number of hydrogen-bond acceptors (Lipinski definition) is 7. The molecule has 27 heavy (non-hydrogen) atoms. The minimum Gasteiger partial charge on any atom is -0.465 e. The second-order valence-corrected chi connectivity index (χ2v) is 6.22. The number of esters is 1. The SMILES string of the molecule is COCc1cc(-n2ccnc2C2CCOCC2)c([N+](=O)[O-])cc1C(=O)OC.